The van der Waals surface area contributed by atoms with Gasteiger partial charge in [-0.05, 0) is 55.4 Å². The highest BCUT2D eigenvalue weighted by Gasteiger charge is 2.30. The third kappa shape index (κ3) is 2.15. The number of aryl methyl sites for hydroxylation is 3. The Morgan fingerprint density at radius 2 is 1.56 bits per heavy atom. The number of hydrogen-bond acceptors (Lipinski definition) is 1. The highest BCUT2D eigenvalue weighted by molar-refractivity contribution is 5.40. The zero-order valence-corrected chi connectivity index (χ0v) is 11.5. The van der Waals surface area contributed by atoms with Gasteiger partial charge in [-0.15, -0.1) is 0 Å². The average Bonchev–Trinajstić information content (AvgIpc) is 2.22. The molecule has 0 aliphatic carbocycles. The molecule has 1 atom stereocenters. The van der Waals surface area contributed by atoms with E-state index in [9.17, 15) is 0 Å². The van der Waals surface area contributed by atoms with Crippen LogP contribution in [0.25, 0.3) is 0 Å². The lowest BCUT2D eigenvalue weighted by Crippen LogP contribution is -2.42. The second-order valence-corrected chi connectivity index (χ2v) is 5.30. The first kappa shape index (κ1) is 13.2. The standard InChI is InChI=1S/C15H25N/c1-7-15(16,10(2)3)14-9-12(5)11(4)8-13(14)6/h8-10H,7,16H2,1-6H3. The first-order chi connectivity index (χ1) is 7.32. The second-order valence-electron chi connectivity index (χ2n) is 5.30. The van der Waals surface area contributed by atoms with Crippen molar-refractivity contribution in [2.75, 3.05) is 0 Å². The van der Waals surface area contributed by atoms with Crippen molar-refractivity contribution in [2.24, 2.45) is 11.7 Å². The van der Waals surface area contributed by atoms with Crippen molar-refractivity contribution in [1.29, 1.82) is 0 Å². The van der Waals surface area contributed by atoms with E-state index in [2.05, 4.69) is 53.7 Å². The largest absolute Gasteiger partial charge is 0.321 e. The molecule has 0 aliphatic heterocycles. The Kier molecular flexibility index (Phi) is 3.80. The van der Waals surface area contributed by atoms with Crippen LogP contribution >= 0.6 is 0 Å². The monoisotopic (exact) mass is 219 g/mol. The normalized spacial score (nSPS) is 15.2. The molecular weight excluding hydrogens is 194 g/mol. The lowest BCUT2D eigenvalue weighted by atomic mass is 9.76. The van der Waals surface area contributed by atoms with Gasteiger partial charge >= 0.3 is 0 Å². The van der Waals surface area contributed by atoms with E-state index in [1.807, 2.05) is 0 Å². The van der Waals surface area contributed by atoms with Gasteiger partial charge < -0.3 is 5.73 Å². The minimum absolute atomic E-state index is 0.192. The molecule has 16 heavy (non-hydrogen) atoms. The van der Waals surface area contributed by atoms with Crippen LogP contribution in [0.2, 0.25) is 0 Å². The van der Waals surface area contributed by atoms with Crippen LogP contribution in [0.1, 0.15) is 49.4 Å². The summed E-state index contributed by atoms with van der Waals surface area (Å²) in [5.74, 6) is 0.457. The Morgan fingerprint density at radius 1 is 1.06 bits per heavy atom. The maximum Gasteiger partial charge on any atom is 0.0433 e. The Hall–Kier alpha value is -0.820. The average molecular weight is 219 g/mol. The number of hydrogen-bond donors (Lipinski definition) is 1. The summed E-state index contributed by atoms with van der Waals surface area (Å²) in [6, 6.07) is 4.53. The van der Waals surface area contributed by atoms with E-state index in [4.69, 9.17) is 5.73 Å². The molecule has 1 heteroatoms. The summed E-state index contributed by atoms with van der Waals surface area (Å²) < 4.78 is 0. The van der Waals surface area contributed by atoms with Gasteiger partial charge in [0.2, 0.25) is 0 Å². The highest BCUT2D eigenvalue weighted by atomic mass is 14.8. The summed E-state index contributed by atoms with van der Waals surface area (Å²) >= 11 is 0. The van der Waals surface area contributed by atoms with Gasteiger partial charge in [0.15, 0.2) is 0 Å². The molecule has 0 saturated heterocycles. The summed E-state index contributed by atoms with van der Waals surface area (Å²) in [6.07, 6.45) is 0.980. The van der Waals surface area contributed by atoms with Gasteiger partial charge in [0.05, 0.1) is 0 Å². The van der Waals surface area contributed by atoms with Crippen molar-refractivity contribution in [1.82, 2.24) is 0 Å². The molecule has 2 N–H and O–H groups in total. The van der Waals surface area contributed by atoms with Crippen molar-refractivity contribution in [3.05, 3.63) is 34.4 Å². The maximum atomic E-state index is 6.58. The van der Waals surface area contributed by atoms with Gasteiger partial charge in [-0.25, -0.2) is 0 Å². The predicted octanol–water partition coefficient (Wildman–Crippen LogP) is 3.83. The van der Waals surface area contributed by atoms with Crippen LogP contribution in [0, 0.1) is 26.7 Å². The van der Waals surface area contributed by atoms with E-state index in [0.717, 1.165) is 6.42 Å². The minimum atomic E-state index is -0.192. The SMILES string of the molecule is CCC(N)(c1cc(C)c(C)cc1C)C(C)C. The Morgan fingerprint density at radius 3 is 2.00 bits per heavy atom. The molecule has 1 aromatic carbocycles. The van der Waals surface area contributed by atoms with Crippen molar-refractivity contribution in [3.8, 4) is 0 Å². The van der Waals surface area contributed by atoms with Gasteiger partial charge in [0, 0.05) is 5.54 Å². The predicted molar refractivity (Wildman–Crippen MR) is 71.6 cm³/mol. The van der Waals surface area contributed by atoms with E-state index < -0.39 is 0 Å². The smallest absolute Gasteiger partial charge is 0.0433 e. The fourth-order valence-corrected chi connectivity index (χ4v) is 2.37. The first-order valence-electron chi connectivity index (χ1n) is 6.20. The summed E-state index contributed by atoms with van der Waals surface area (Å²) in [7, 11) is 0. The van der Waals surface area contributed by atoms with Gasteiger partial charge in [0.25, 0.3) is 0 Å². The number of benzene rings is 1. The third-order valence-corrected chi connectivity index (χ3v) is 3.96. The van der Waals surface area contributed by atoms with E-state index in [1.165, 1.54) is 22.3 Å². The molecule has 0 aromatic heterocycles. The molecular formula is C15H25N. The molecule has 1 nitrogen and oxygen atoms in total. The Labute approximate surface area is 100 Å². The number of rotatable bonds is 3. The molecule has 0 amide bonds. The zero-order chi connectivity index (χ0) is 12.5. The van der Waals surface area contributed by atoms with Gasteiger partial charge in [-0.3, -0.25) is 0 Å². The molecule has 1 aromatic rings. The van der Waals surface area contributed by atoms with Crippen molar-refractivity contribution < 1.29 is 0 Å². The molecule has 1 unspecified atom stereocenters. The highest BCUT2D eigenvalue weighted by Crippen LogP contribution is 2.33. The van der Waals surface area contributed by atoms with Crippen LogP contribution in [0.5, 0.6) is 0 Å². The molecule has 0 heterocycles. The van der Waals surface area contributed by atoms with Gasteiger partial charge in [-0.1, -0.05) is 32.9 Å². The summed E-state index contributed by atoms with van der Waals surface area (Å²) in [6.45, 7) is 13.1. The molecule has 0 saturated carbocycles. The van der Waals surface area contributed by atoms with Crippen molar-refractivity contribution in [3.63, 3.8) is 0 Å². The molecule has 0 radical (unpaired) electrons. The fourth-order valence-electron chi connectivity index (χ4n) is 2.37. The summed E-state index contributed by atoms with van der Waals surface area (Å²) in [5.41, 5.74) is 11.7. The van der Waals surface area contributed by atoms with Crippen LogP contribution in [0.15, 0.2) is 12.1 Å². The second kappa shape index (κ2) is 4.58. The van der Waals surface area contributed by atoms with Crippen LogP contribution in [-0.4, -0.2) is 0 Å². The quantitative estimate of drug-likeness (QED) is 0.821. The summed E-state index contributed by atoms with van der Waals surface area (Å²) in [4.78, 5) is 0. The summed E-state index contributed by atoms with van der Waals surface area (Å²) in [5, 5.41) is 0. The van der Waals surface area contributed by atoms with Gasteiger partial charge in [0.1, 0.15) is 0 Å². The topological polar surface area (TPSA) is 26.0 Å². The lowest BCUT2D eigenvalue weighted by Gasteiger charge is -2.35. The van der Waals surface area contributed by atoms with Crippen LogP contribution in [-0.2, 0) is 5.54 Å². The lowest BCUT2D eigenvalue weighted by molar-refractivity contribution is 0.304. The molecule has 0 spiro atoms. The number of nitrogens with two attached hydrogens (primary N) is 1. The molecule has 0 bridgehead atoms. The van der Waals surface area contributed by atoms with Crippen LogP contribution in [0.4, 0.5) is 0 Å². The van der Waals surface area contributed by atoms with E-state index in [-0.39, 0.29) is 5.54 Å². The zero-order valence-electron chi connectivity index (χ0n) is 11.5. The molecule has 0 aliphatic rings. The fraction of sp³-hybridized carbons (Fsp3) is 0.600. The molecule has 90 valence electrons. The van der Waals surface area contributed by atoms with E-state index in [1.54, 1.807) is 0 Å². The van der Waals surface area contributed by atoms with Crippen LogP contribution < -0.4 is 5.73 Å². The Balaban J connectivity index is 3.36. The maximum absolute atomic E-state index is 6.58. The first-order valence-corrected chi connectivity index (χ1v) is 6.20. The molecule has 0 fully saturated rings. The van der Waals surface area contributed by atoms with Crippen molar-refractivity contribution >= 4 is 0 Å². The Bertz CT molecular complexity index is 379. The van der Waals surface area contributed by atoms with Crippen LogP contribution in [0.3, 0.4) is 0 Å². The molecule has 1 rings (SSSR count). The van der Waals surface area contributed by atoms with Gasteiger partial charge in [-0.2, -0.15) is 0 Å². The third-order valence-electron chi connectivity index (χ3n) is 3.96. The minimum Gasteiger partial charge on any atom is -0.321 e. The van der Waals surface area contributed by atoms with E-state index in [0.29, 0.717) is 5.92 Å². The van der Waals surface area contributed by atoms with E-state index >= 15 is 0 Å². The van der Waals surface area contributed by atoms with Crippen molar-refractivity contribution in [2.45, 2.75) is 53.5 Å².